The molecule has 0 spiro atoms. The van der Waals surface area contributed by atoms with Crippen molar-refractivity contribution in [3.63, 3.8) is 0 Å². The summed E-state index contributed by atoms with van der Waals surface area (Å²) in [6.07, 6.45) is 3.22. The maximum atomic E-state index is 11.3. The largest absolute Gasteiger partial charge is 0.300 e. The van der Waals surface area contributed by atoms with Gasteiger partial charge in [0.25, 0.3) is 0 Å². The van der Waals surface area contributed by atoms with Crippen molar-refractivity contribution in [1.82, 2.24) is 0 Å². The van der Waals surface area contributed by atoms with Crippen LogP contribution in [0.3, 0.4) is 0 Å². The molecule has 0 radical (unpaired) electrons. The van der Waals surface area contributed by atoms with E-state index in [9.17, 15) is 14.4 Å². The minimum Gasteiger partial charge on any atom is -0.300 e. The molecule has 0 bridgehead atoms. The lowest BCUT2D eigenvalue weighted by Gasteiger charge is -2.17. The molecule has 0 amide bonds. The highest BCUT2D eigenvalue weighted by Gasteiger charge is 2.19. The van der Waals surface area contributed by atoms with Crippen LogP contribution >= 0.6 is 0 Å². The first-order valence-electron chi connectivity index (χ1n) is 10.0. The zero-order valence-electron chi connectivity index (χ0n) is 19.8. The van der Waals surface area contributed by atoms with Crippen LogP contribution in [0.4, 0.5) is 0 Å². The number of Topliss-reactive ketones (excluding diaryl/α,β-unsaturated/α-hetero) is 3. The number of hydrogen-bond donors (Lipinski definition) is 0. The molecule has 0 aliphatic rings. The van der Waals surface area contributed by atoms with E-state index in [0.717, 1.165) is 32.6 Å². The van der Waals surface area contributed by atoms with Gasteiger partial charge in [-0.05, 0) is 40.0 Å². The molecule has 20 heavy (non-hydrogen) atoms. The monoisotopic (exact) mass is 297 g/mol. The van der Waals surface area contributed by atoms with E-state index in [1.165, 1.54) is 6.92 Å². The Bertz CT molecular complexity index is 409. The second-order valence-corrected chi connectivity index (χ2v) is 4.72. The third kappa shape index (κ3) is 22.2. The van der Waals surface area contributed by atoms with Crippen LogP contribution in [-0.2, 0) is 14.4 Å². The summed E-state index contributed by atoms with van der Waals surface area (Å²) in [6, 6.07) is 0. The fourth-order valence-corrected chi connectivity index (χ4v) is 0.953. The predicted octanol–water partition coefficient (Wildman–Crippen LogP) is 4.76. The van der Waals surface area contributed by atoms with Gasteiger partial charge in [-0.15, -0.1) is 0 Å². The lowest BCUT2D eigenvalue weighted by atomic mass is 10.3. The molecule has 0 rings (SSSR count). The van der Waals surface area contributed by atoms with Gasteiger partial charge in [0.2, 0.25) is 0 Å². The number of carbonyl (C=O) groups is 3. The Morgan fingerprint density at radius 2 is 1.20 bits per heavy atom. The van der Waals surface area contributed by atoms with Crippen molar-refractivity contribution in [2.75, 3.05) is 0 Å². The summed E-state index contributed by atoms with van der Waals surface area (Å²) in [7, 11) is 0. The minimum absolute atomic E-state index is 0.213. The molecule has 0 aromatic rings. The number of carbonyl (C=O) groups excluding carboxylic acids is 3. The summed E-state index contributed by atoms with van der Waals surface area (Å²) >= 11 is 0. The van der Waals surface area contributed by atoms with Gasteiger partial charge in [0.15, 0.2) is 0 Å². The van der Waals surface area contributed by atoms with Crippen LogP contribution in [0.15, 0.2) is 0 Å². The van der Waals surface area contributed by atoms with Gasteiger partial charge < -0.3 is 9.59 Å². The van der Waals surface area contributed by atoms with E-state index in [-0.39, 0.29) is 18.0 Å². The molecule has 0 aliphatic heterocycles. The lowest BCUT2D eigenvalue weighted by molar-refractivity contribution is -0.125. The molecule has 0 saturated carbocycles. The molecule has 0 unspecified atom stereocenters. The fraction of sp³-hybridized carbons (Fsp3) is 0.824. The van der Waals surface area contributed by atoms with Gasteiger partial charge in [-0.25, -0.2) is 0 Å². The average molecular weight is 297 g/mol. The van der Waals surface area contributed by atoms with Crippen LogP contribution in [0.2, 0.25) is 0 Å². The first-order chi connectivity index (χ1) is 11.5. The van der Waals surface area contributed by atoms with Crippen LogP contribution in [0, 0.1) is 5.41 Å². The third-order valence-corrected chi connectivity index (χ3v) is 2.34. The van der Waals surface area contributed by atoms with Crippen LogP contribution in [-0.4, -0.2) is 17.3 Å². The summed E-state index contributed by atoms with van der Waals surface area (Å²) in [4.78, 5) is 31.4. The van der Waals surface area contributed by atoms with E-state index in [4.69, 9.17) is 8.22 Å². The highest BCUT2D eigenvalue weighted by molar-refractivity contribution is 5.81. The fourth-order valence-electron chi connectivity index (χ4n) is 0.953. The summed E-state index contributed by atoms with van der Waals surface area (Å²) in [5.41, 5.74) is -2.22. The van der Waals surface area contributed by atoms with Gasteiger partial charge in [-0.1, -0.05) is 34.5 Å². The SMILES string of the molecule is CC[13CH2]C(C)=O.CC[13CH2][13C](C)=O.[2H]C([2H])([2H])[13C](CC)([13C](C)=O)C([2H])([2H])[2H]. The lowest BCUT2D eigenvalue weighted by Crippen LogP contribution is -2.19. The molecule has 3 nitrogen and oxygen atoms in total. The van der Waals surface area contributed by atoms with Crippen LogP contribution in [0.25, 0.3) is 0 Å². The Kier molecular flexibility index (Phi) is 9.18. The van der Waals surface area contributed by atoms with Crippen molar-refractivity contribution in [3.05, 3.63) is 0 Å². The Labute approximate surface area is 134 Å². The molecule has 0 atom stereocenters. The van der Waals surface area contributed by atoms with Gasteiger partial charge in [0.05, 0.1) is 0 Å². The second-order valence-electron chi connectivity index (χ2n) is 4.72. The predicted molar refractivity (Wildman–Crippen MR) is 85.9 cm³/mol. The van der Waals surface area contributed by atoms with E-state index in [2.05, 4.69) is 0 Å². The summed E-state index contributed by atoms with van der Waals surface area (Å²) < 4.78 is 43.1. The van der Waals surface area contributed by atoms with Crippen LogP contribution in [0.5, 0.6) is 0 Å². The van der Waals surface area contributed by atoms with Crippen molar-refractivity contribution >= 4 is 17.3 Å². The van der Waals surface area contributed by atoms with Crippen molar-refractivity contribution < 1.29 is 22.6 Å². The maximum Gasteiger partial charge on any atom is 0.135 e. The minimum atomic E-state index is -2.79. The van der Waals surface area contributed by atoms with Crippen molar-refractivity contribution in [2.24, 2.45) is 5.41 Å². The second kappa shape index (κ2) is 14.4. The van der Waals surface area contributed by atoms with E-state index in [0.29, 0.717) is 0 Å². The molecule has 0 saturated heterocycles. The molecule has 0 aliphatic carbocycles. The van der Waals surface area contributed by atoms with Crippen LogP contribution < -0.4 is 0 Å². The van der Waals surface area contributed by atoms with Gasteiger partial charge in [-0.3, -0.25) is 4.79 Å². The van der Waals surface area contributed by atoms with E-state index in [1.54, 1.807) is 13.8 Å². The number of rotatable bonds is 6. The molecule has 0 fully saturated rings. The topological polar surface area (TPSA) is 51.2 Å². The summed E-state index contributed by atoms with van der Waals surface area (Å²) in [6.45, 7) is 4.07. The smallest absolute Gasteiger partial charge is 0.135 e. The van der Waals surface area contributed by atoms with Gasteiger partial charge >= 0.3 is 0 Å². The summed E-state index contributed by atoms with van der Waals surface area (Å²) in [5, 5.41) is 0. The normalized spacial score (nSPS) is 15.3. The molecule has 0 aromatic carbocycles. The Balaban J connectivity index is -0.000000364. The standard InChI is InChI=1S/C7H14O.2C5H10O/c1-5-7(3,4)6(2)8;2*1-3-4-5(2)6/h5H2,1-4H3;2*3-4H2,1-2H3/i3D3,4D3,6+1,7+1;4+1,5+1;4+1. The first kappa shape index (κ1) is 12.7. The van der Waals surface area contributed by atoms with E-state index in [1.807, 2.05) is 13.8 Å². The molecule has 0 aromatic heterocycles. The Morgan fingerprint density at radius 3 is 1.20 bits per heavy atom. The van der Waals surface area contributed by atoms with Crippen LogP contribution in [0.1, 0.15) is 95.6 Å². The number of hydrogen-bond acceptors (Lipinski definition) is 3. The van der Waals surface area contributed by atoms with Crippen molar-refractivity contribution in [2.45, 2.75) is 87.4 Å². The van der Waals surface area contributed by atoms with Crippen molar-refractivity contribution in [1.29, 1.82) is 0 Å². The molecule has 0 heterocycles. The quantitative estimate of drug-likeness (QED) is 0.664. The van der Waals surface area contributed by atoms with Crippen molar-refractivity contribution in [3.8, 4) is 0 Å². The zero-order valence-corrected chi connectivity index (χ0v) is 13.8. The molecular weight excluding hydrogens is 257 g/mol. The van der Waals surface area contributed by atoms with E-state index >= 15 is 0 Å². The highest BCUT2D eigenvalue weighted by Crippen LogP contribution is 2.19. The zero-order chi connectivity index (χ0) is 21.8. The number of ketones is 3. The molecule has 0 N–H and O–H groups in total. The molecule has 3 heteroatoms. The molecular formula is C17H34O3. The van der Waals surface area contributed by atoms with Gasteiger partial charge in [-0.2, -0.15) is 0 Å². The summed E-state index contributed by atoms with van der Waals surface area (Å²) in [5.74, 6) is -0.227. The third-order valence-electron chi connectivity index (χ3n) is 2.34. The molecule has 120 valence electrons. The van der Waals surface area contributed by atoms with Gasteiger partial charge in [0, 0.05) is 26.5 Å². The van der Waals surface area contributed by atoms with E-state index < -0.39 is 24.9 Å². The Morgan fingerprint density at radius 1 is 0.850 bits per heavy atom. The highest BCUT2D eigenvalue weighted by atomic mass is 16.2. The Hall–Kier alpha value is -0.990. The maximum absolute atomic E-state index is 11.3. The first-order valence-corrected chi connectivity index (χ1v) is 7.04. The average Bonchev–Trinajstić information content (AvgIpc) is 2.36. The van der Waals surface area contributed by atoms with Gasteiger partial charge in [0.1, 0.15) is 17.3 Å².